The second-order valence-electron chi connectivity index (χ2n) is 7.56. The van der Waals surface area contributed by atoms with Crippen LogP contribution in [0.2, 0.25) is 0 Å². The molecule has 8 heteroatoms. The third-order valence-corrected chi connectivity index (χ3v) is 6.46. The number of nitrogens with one attached hydrogen (secondary N) is 1. The van der Waals surface area contributed by atoms with Crippen LogP contribution < -0.4 is 20.3 Å². The fourth-order valence-corrected chi connectivity index (χ4v) is 4.42. The molecule has 166 valence electrons. The number of carbonyl (C=O) groups excluding carboxylic acids is 1. The molecule has 2 heterocycles. The molecule has 1 unspecified atom stereocenters. The van der Waals surface area contributed by atoms with Crippen LogP contribution in [0.4, 0.5) is 0 Å². The Labute approximate surface area is 186 Å². The monoisotopic (exact) mass is 443 g/mol. The molecular formula is C23H29N3O4S. The third-order valence-electron chi connectivity index (χ3n) is 5.26. The standard InChI is InChI=1S/C23H29N3O4S/c1-6-7-8-11-30-17-10-9-16(12-18(17)29-5)15(3)25-21(27)20-14(2)19-22(31-20)24-13-26(4)23(19)28/h9-10,12-13,15H,6-8,11H2,1-5H3,(H,25,27). The smallest absolute Gasteiger partial charge is 0.262 e. The summed E-state index contributed by atoms with van der Waals surface area (Å²) < 4.78 is 12.7. The van der Waals surface area contributed by atoms with E-state index in [1.165, 1.54) is 22.2 Å². The molecule has 0 aliphatic heterocycles. The van der Waals surface area contributed by atoms with Crippen molar-refractivity contribution in [2.45, 2.75) is 46.1 Å². The molecule has 31 heavy (non-hydrogen) atoms. The molecule has 2 aromatic heterocycles. The highest BCUT2D eigenvalue weighted by atomic mass is 32.1. The predicted molar refractivity (Wildman–Crippen MR) is 123 cm³/mol. The SMILES string of the molecule is CCCCCOc1ccc(C(C)NC(=O)c2sc3ncn(C)c(=O)c3c2C)cc1OC. The molecule has 1 N–H and O–H groups in total. The van der Waals surface area contributed by atoms with E-state index in [1.54, 1.807) is 21.1 Å². The maximum atomic E-state index is 12.9. The van der Waals surface area contributed by atoms with Gasteiger partial charge in [0.25, 0.3) is 11.5 Å². The number of hydrogen-bond donors (Lipinski definition) is 1. The summed E-state index contributed by atoms with van der Waals surface area (Å²) in [7, 11) is 3.26. The molecule has 0 saturated carbocycles. The van der Waals surface area contributed by atoms with Gasteiger partial charge in [-0.2, -0.15) is 0 Å². The number of hydrogen-bond acceptors (Lipinski definition) is 6. The van der Waals surface area contributed by atoms with Crippen molar-refractivity contribution >= 4 is 27.5 Å². The van der Waals surface area contributed by atoms with E-state index in [-0.39, 0.29) is 17.5 Å². The van der Waals surface area contributed by atoms with Crippen LogP contribution in [-0.4, -0.2) is 29.2 Å². The average molecular weight is 444 g/mol. The number of nitrogens with zero attached hydrogens (tertiary/aromatic N) is 2. The molecule has 0 aliphatic rings. The van der Waals surface area contributed by atoms with Gasteiger partial charge in [0, 0.05) is 7.05 Å². The Morgan fingerprint density at radius 1 is 1.29 bits per heavy atom. The minimum atomic E-state index is -0.254. The molecular weight excluding hydrogens is 414 g/mol. The number of methoxy groups -OCH3 is 1. The molecule has 0 bridgehead atoms. The van der Waals surface area contributed by atoms with E-state index < -0.39 is 0 Å². The fraction of sp³-hybridized carbons (Fsp3) is 0.435. The number of rotatable bonds is 9. The van der Waals surface area contributed by atoms with Crippen molar-refractivity contribution in [1.82, 2.24) is 14.9 Å². The van der Waals surface area contributed by atoms with Crippen molar-refractivity contribution in [2.24, 2.45) is 7.05 Å². The summed E-state index contributed by atoms with van der Waals surface area (Å²) in [5, 5.41) is 3.52. The van der Waals surface area contributed by atoms with Crippen LogP contribution in [0.1, 0.15) is 60.0 Å². The lowest BCUT2D eigenvalue weighted by atomic mass is 10.1. The van der Waals surface area contributed by atoms with Crippen LogP contribution in [0.3, 0.4) is 0 Å². The van der Waals surface area contributed by atoms with Crippen LogP contribution in [-0.2, 0) is 7.05 Å². The molecule has 0 radical (unpaired) electrons. The van der Waals surface area contributed by atoms with Gasteiger partial charge in [-0.15, -0.1) is 11.3 Å². The molecule has 3 rings (SSSR count). The van der Waals surface area contributed by atoms with Gasteiger partial charge in [-0.3, -0.25) is 9.59 Å². The average Bonchev–Trinajstić information content (AvgIpc) is 3.11. The number of thiophene rings is 1. The normalized spacial score (nSPS) is 12.0. The highest BCUT2D eigenvalue weighted by Crippen LogP contribution is 2.31. The summed E-state index contributed by atoms with van der Waals surface area (Å²) >= 11 is 1.23. The first kappa shape index (κ1) is 22.8. The van der Waals surface area contributed by atoms with Crippen molar-refractivity contribution in [3.8, 4) is 11.5 Å². The zero-order valence-electron chi connectivity index (χ0n) is 18.7. The molecule has 0 spiro atoms. The number of amides is 1. The predicted octanol–water partition coefficient (Wildman–Crippen LogP) is 4.37. The zero-order chi connectivity index (χ0) is 22.5. The number of ether oxygens (including phenoxy) is 2. The van der Waals surface area contributed by atoms with Gasteiger partial charge in [-0.05, 0) is 43.5 Å². The maximum Gasteiger partial charge on any atom is 0.262 e. The van der Waals surface area contributed by atoms with Crippen molar-refractivity contribution in [2.75, 3.05) is 13.7 Å². The molecule has 1 aromatic carbocycles. The van der Waals surface area contributed by atoms with Crippen molar-refractivity contribution in [1.29, 1.82) is 0 Å². The summed E-state index contributed by atoms with van der Waals surface area (Å²) in [4.78, 5) is 30.7. The van der Waals surface area contributed by atoms with Crippen LogP contribution in [0.25, 0.3) is 10.2 Å². The van der Waals surface area contributed by atoms with Crippen molar-refractivity contribution < 1.29 is 14.3 Å². The maximum absolute atomic E-state index is 12.9. The van der Waals surface area contributed by atoms with Gasteiger partial charge in [-0.1, -0.05) is 25.8 Å². The fourth-order valence-electron chi connectivity index (χ4n) is 3.38. The number of carbonyl (C=O) groups is 1. The van der Waals surface area contributed by atoms with Gasteiger partial charge in [-0.25, -0.2) is 4.98 Å². The van der Waals surface area contributed by atoms with Gasteiger partial charge in [0.2, 0.25) is 0 Å². The quantitative estimate of drug-likeness (QED) is 0.497. The van der Waals surface area contributed by atoms with Gasteiger partial charge in [0.05, 0.1) is 36.3 Å². The topological polar surface area (TPSA) is 82.5 Å². The van der Waals surface area contributed by atoms with Gasteiger partial charge in [0.1, 0.15) is 4.83 Å². The van der Waals surface area contributed by atoms with E-state index in [2.05, 4.69) is 17.2 Å². The van der Waals surface area contributed by atoms with Gasteiger partial charge in [0.15, 0.2) is 11.5 Å². The molecule has 0 aliphatic carbocycles. The van der Waals surface area contributed by atoms with Crippen LogP contribution >= 0.6 is 11.3 Å². The van der Waals surface area contributed by atoms with Gasteiger partial charge >= 0.3 is 0 Å². The molecule has 0 saturated heterocycles. The lowest BCUT2D eigenvalue weighted by Gasteiger charge is -2.17. The van der Waals surface area contributed by atoms with Gasteiger partial charge < -0.3 is 19.4 Å². The minimum absolute atomic E-state index is 0.148. The Balaban J connectivity index is 1.76. The van der Waals surface area contributed by atoms with Crippen LogP contribution in [0, 0.1) is 6.92 Å². The first-order chi connectivity index (χ1) is 14.9. The molecule has 3 aromatic rings. The second kappa shape index (κ2) is 9.96. The Morgan fingerprint density at radius 3 is 2.77 bits per heavy atom. The van der Waals surface area contributed by atoms with Crippen molar-refractivity contribution in [3.63, 3.8) is 0 Å². The third kappa shape index (κ3) is 4.90. The van der Waals surface area contributed by atoms with E-state index in [9.17, 15) is 9.59 Å². The summed E-state index contributed by atoms with van der Waals surface area (Å²) in [5.74, 6) is 1.11. The lowest BCUT2D eigenvalue weighted by molar-refractivity contribution is 0.0943. The number of fused-ring (bicyclic) bond motifs is 1. The molecule has 1 atom stereocenters. The summed E-state index contributed by atoms with van der Waals surface area (Å²) in [6.45, 7) is 6.50. The van der Waals surface area contributed by atoms with E-state index >= 15 is 0 Å². The summed E-state index contributed by atoms with van der Waals surface area (Å²) in [5.41, 5.74) is 1.41. The Morgan fingerprint density at radius 2 is 2.06 bits per heavy atom. The second-order valence-corrected chi connectivity index (χ2v) is 8.56. The number of benzene rings is 1. The highest BCUT2D eigenvalue weighted by molar-refractivity contribution is 7.20. The van der Waals surface area contributed by atoms with Crippen molar-refractivity contribution in [3.05, 3.63) is 50.9 Å². The Bertz CT molecular complexity index is 1140. The summed E-state index contributed by atoms with van der Waals surface area (Å²) in [6, 6.07) is 5.43. The van der Waals surface area contributed by atoms with E-state index in [0.717, 1.165) is 24.8 Å². The number of aromatic nitrogens is 2. The number of aryl methyl sites for hydroxylation is 2. The van der Waals surface area contributed by atoms with E-state index in [1.807, 2.05) is 25.1 Å². The number of unbranched alkanes of at least 4 members (excludes halogenated alkanes) is 2. The largest absolute Gasteiger partial charge is 0.493 e. The zero-order valence-corrected chi connectivity index (χ0v) is 19.5. The highest BCUT2D eigenvalue weighted by Gasteiger charge is 2.21. The van der Waals surface area contributed by atoms with E-state index in [0.29, 0.717) is 38.8 Å². The minimum Gasteiger partial charge on any atom is -0.493 e. The van der Waals surface area contributed by atoms with Crippen LogP contribution in [0.15, 0.2) is 29.3 Å². The van der Waals surface area contributed by atoms with E-state index in [4.69, 9.17) is 9.47 Å². The summed E-state index contributed by atoms with van der Waals surface area (Å²) in [6.07, 6.45) is 4.74. The molecule has 7 nitrogen and oxygen atoms in total. The lowest BCUT2D eigenvalue weighted by Crippen LogP contribution is -2.26. The first-order valence-corrected chi connectivity index (χ1v) is 11.2. The Kier molecular flexibility index (Phi) is 7.33. The molecule has 0 fully saturated rings. The first-order valence-electron chi connectivity index (χ1n) is 10.4. The van der Waals surface area contributed by atoms with Crippen LogP contribution in [0.5, 0.6) is 11.5 Å². The Hall–Kier alpha value is -2.87. The molecule has 1 amide bonds.